The summed E-state index contributed by atoms with van der Waals surface area (Å²) in [5.41, 5.74) is 1.47. The number of alkyl halides is 1. The Kier molecular flexibility index (Phi) is 2.32. The maximum atomic E-state index is 5.82. The minimum Gasteiger partial charge on any atom is -0.334 e. The second-order valence-electron chi connectivity index (χ2n) is 4.60. The zero-order valence-electron chi connectivity index (χ0n) is 9.95. The van der Waals surface area contributed by atoms with Crippen molar-refractivity contribution in [3.8, 4) is 11.5 Å². The van der Waals surface area contributed by atoms with E-state index >= 15 is 0 Å². The molecule has 0 saturated heterocycles. The molecule has 0 aliphatic heterocycles. The van der Waals surface area contributed by atoms with Gasteiger partial charge in [-0.25, -0.2) is 0 Å². The van der Waals surface area contributed by atoms with Crippen LogP contribution in [0.1, 0.15) is 30.4 Å². The van der Waals surface area contributed by atoms with Crippen LogP contribution in [0.3, 0.4) is 0 Å². The Bertz CT molecular complexity index is 746. The molecule has 0 spiro atoms. The standard InChI is InChI=1S/C12H10ClN5O/c13-6-9-15-16-11-8(2-1-5-18(9)11)12-14-10(17-19-12)7-3-4-7/h1-2,5,7H,3-4,6H2. The van der Waals surface area contributed by atoms with Gasteiger partial charge in [-0.15, -0.1) is 21.8 Å². The molecule has 96 valence electrons. The van der Waals surface area contributed by atoms with Crippen molar-refractivity contribution in [3.63, 3.8) is 0 Å². The fraction of sp³-hybridized carbons (Fsp3) is 0.333. The number of fused-ring (bicyclic) bond motifs is 1. The summed E-state index contributed by atoms with van der Waals surface area (Å²) >= 11 is 5.82. The lowest BCUT2D eigenvalue weighted by atomic mass is 10.2. The highest BCUT2D eigenvalue weighted by atomic mass is 35.5. The van der Waals surface area contributed by atoms with Crippen LogP contribution in [0.15, 0.2) is 22.9 Å². The van der Waals surface area contributed by atoms with Crippen LogP contribution < -0.4 is 0 Å². The van der Waals surface area contributed by atoms with Gasteiger partial charge < -0.3 is 4.52 Å². The monoisotopic (exact) mass is 275 g/mol. The van der Waals surface area contributed by atoms with E-state index in [1.807, 2.05) is 22.7 Å². The lowest BCUT2D eigenvalue weighted by Crippen LogP contribution is -1.92. The molecule has 1 saturated carbocycles. The molecule has 0 bridgehead atoms. The van der Waals surface area contributed by atoms with Crippen LogP contribution in [0, 0.1) is 0 Å². The number of aromatic nitrogens is 5. The van der Waals surface area contributed by atoms with Crippen molar-refractivity contribution in [2.45, 2.75) is 24.6 Å². The Balaban J connectivity index is 1.86. The van der Waals surface area contributed by atoms with Crippen molar-refractivity contribution in [3.05, 3.63) is 30.0 Å². The number of hydrogen-bond acceptors (Lipinski definition) is 5. The van der Waals surface area contributed by atoms with E-state index < -0.39 is 0 Å². The van der Waals surface area contributed by atoms with Crippen LogP contribution in [-0.2, 0) is 5.88 Å². The molecule has 7 heteroatoms. The van der Waals surface area contributed by atoms with Crippen molar-refractivity contribution >= 4 is 17.2 Å². The molecule has 0 aromatic carbocycles. The van der Waals surface area contributed by atoms with Crippen molar-refractivity contribution in [2.75, 3.05) is 0 Å². The van der Waals surface area contributed by atoms with E-state index in [0.717, 1.165) is 24.2 Å². The summed E-state index contributed by atoms with van der Waals surface area (Å²) in [6.45, 7) is 0. The molecule has 0 radical (unpaired) electrons. The predicted molar refractivity (Wildman–Crippen MR) is 67.8 cm³/mol. The zero-order valence-corrected chi connectivity index (χ0v) is 10.7. The molecule has 1 aliphatic carbocycles. The number of rotatable bonds is 3. The summed E-state index contributed by atoms with van der Waals surface area (Å²) < 4.78 is 7.16. The molecule has 3 aromatic heterocycles. The van der Waals surface area contributed by atoms with Crippen LogP contribution in [0.5, 0.6) is 0 Å². The Morgan fingerprint density at radius 3 is 3.05 bits per heavy atom. The van der Waals surface area contributed by atoms with Crippen molar-refractivity contribution in [1.29, 1.82) is 0 Å². The van der Waals surface area contributed by atoms with E-state index in [1.54, 1.807) is 0 Å². The average Bonchev–Trinajstić information content (AvgIpc) is 3.03. The minimum absolute atomic E-state index is 0.307. The highest BCUT2D eigenvalue weighted by molar-refractivity contribution is 6.16. The normalized spacial score (nSPS) is 15.2. The third kappa shape index (κ3) is 1.71. The molecule has 0 N–H and O–H groups in total. The number of pyridine rings is 1. The van der Waals surface area contributed by atoms with Gasteiger partial charge in [0.05, 0.1) is 11.4 Å². The van der Waals surface area contributed by atoms with Crippen LogP contribution in [0.4, 0.5) is 0 Å². The van der Waals surface area contributed by atoms with Gasteiger partial charge in [0.25, 0.3) is 5.89 Å². The number of nitrogens with zero attached hydrogens (tertiary/aromatic N) is 5. The van der Waals surface area contributed by atoms with Gasteiger partial charge in [-0.05, 0) is 25.0 Å². The third-order valence-electron chi connectivity index (χ3n) is 3.24. The second kappa shape index (κ2) is 4.03. The molecular formula is C12H10ClN5O. The molecule has 19 heavy (non-hydrogen) atoms. The van der Waals surface area contributed by atoms with Crippen LogP contribution >= 0.6 is 11.6 Å². The summed E-state index contributed by atoms with van der Waals surface area (Å²) in [5.74, 6) is 2.74. The molecule has 0 atom stereocenters. The Morgan fingerprint density at radius 2 is 2.26 bits per heavy atom. The van der Waals surface area contributed by atoms with Crippen molar-refractivity contribution in [1.82, 2.24) is 24.7 Å². The van der Waals surface area contributed by atoms with Crippen LogP contribution in [-0.4, -0.2) is 24.7 Å². The smallest absolute Gasteiger partial charge is 0.261 e. The fourth-order valence-corrected chi connectivity index (χ4v) is 2.26. The minimum atomic E-state index is 0.307. The zero-order chi connectivity index (χ0) is 12.8. The lowest BCUT2D eigenvalue weighted by Gasteiger charge is -1.98. The van der Waals surface area contributed by atoms with Gasteiger partial charge in [-0.2, -0.15) is 4.98 Å². The Hall–Kier alpha value is -1.95. The molecule has 6 nitrogen and oxygen atoms in total. The van der Waals surface area contributed by atoms with Gasteiger partial charge in [0, 0.05) is 12.1 Å². The average molecular weight is 276 g/mol. The fourth-order valence-electron chi connectivity index (χ4n) is 2.07. The van der Waals surface area contributed by atoms with Gasteiger partial charge in [0.1, 0.15) is 0 Å². The highest BCUT2D eigenvalue weighted by Crippen LogP contribution is 2.39. The second-order valence-corrected chi connectivity index (χ2v) is 4.86. The molecule has 1 aliphatic rings. The molecule has 1 fully saturated rings. The Labute approximate surface area is 113 Å². The van der Waals surface area contributed by atoms with E-state index in [9.17, 15) is 0 Å². The quantitative estimate of drug-likeness (QED) is 0.687. The van der Waals surface area contributed by atoms with E-state index in [2.05, 4.69) is 20.3 Å². The summed E-state index contributed by atoms with van der Waals surface area (Å²) in [4.78, 5) is 4.44. The number of halogens is 1. The molecule has 4 rings (SSSR count). The maximum Gasteiger partial charge on any atom is 0.261 e. The first-order valence-electron chi connectivity index (χ1n) is 6.09. The largest absolute Gasteiger partial charge is 0.334 e. The summed E-state index contributed by atoms with van der Waals surface area (Å²) in [6, 6.07) is 3.79. The predicted octanol–water partition coefficient (Wildman–Crippen LogP) is 2.40. The maximum absolute atomic E-state index is 5.82. The summed E-state index contributed by atoms with van der Waals surface area (Å²) in [7, 11) is 0. The van der Waals surface area contributed by atoms with Crippen LogP contribution in [0.2, 0.25) is 0 Å². The third-order valence-corrected chi connectivity index (χ3v) is 3.48. The van der Waals surface area contributed by atoms with Gasteiger partial charge in [-0.3, -0.25) is 4.40 Å². The van der Waals surface area contributed by atoms with Crippen molar-refractivity contribution < 1.29 is 4.52 Å². The first-order valence-corrected chi connectivity index (χ1v) is 6.63. The van der Waals surface area contributed by atoms with E-state index in [-0.39, 0.29) is 0 Å². The molecule has 3 heterocycles. The lowest BCUT2D eigenvalue weighted by molar-refractivity contribution is 0.423. The van der Waals surface area contributed by atoms with E-state index in [1.165, 1.54) is 0 Å². The van der Waals surface area contributed by atoms with Gasteiger partial charge in [0.2, 0.25) is 0 Å². The van der Waals surface area contributed by atoms with Crippen molar-refractivity contribution in [2.24, 2.45) is 0 Å². The van der Waals surface area contributed by atoms with E-state index in [4.69, 9.17) is 16.1 Å². The highest BCUT2D eigenvalue weighted by Gasteiger charge is 2.29. The van der Waals surface area contributed by atoms with Gasteiger partial charge in [0.15, 0.2) is 17.3 Å². The molecular weight excluding hydrogens is 266 g/mol. The van der Waals surface area contributed by atoms with Gasteiger partial charge >= 0.3 is 0 Å². The van der Waals surface area contributed by atoms with Crippen LogP contribution in [0.25, 0.3) is 17.1 Å². The summed E-state index contributed by atoms with van der Waals surface area (Å²) in [5, 5.41) is 12.2. The number of hydrogen-bond donors (Lipinski definition) is 0. The van der Waals surface area contributed by atoms with E-state index in [0.29, 0.717) is 29.2 Å². The SMILES string of the molecule is ClCc1nnc2c(-c3nc(C4CC4)no3)cccn12. The topological polar surface area (TPSA) is 69.1 Å². The van der Waals surface area contributed by atoms with Gasteiger partial charge in [-0.1, -0.05) is 5.16 Å². The molecule has 0 unspecified atom stereocenters. The first kappa shape index (κ1) is 10.9. The summed E-state index contributed by atoms with van der Waals surface area (Å²) in [6.07, 6.45) is 4.16. The molecule has 0 amide bonds. The first-order chi connectivity index (χ1) is 9.36. The Morgan fingerprint density at radius 1 is 1.37 bits per heavy atom. The molecule has 3 aromatic rings.